The predicted octanol–water partition coefficient (Wildman–Crippen LogP) is 2.27. The summed E-state index contributed by atoms with van der Waals surface area (Å²) >= 11 is 0.954. The van der Waals surface area contributed by atoms with Crippen LogP contribution in [0.2, 0.25) is 0 Å². The fraction of sp³-hybridized carbons (Fsp3) is 0.278. The van der Waals surface area contributed by atoms with Gasteiger partial charge in [0.05, 0.1) is 36.2 Å². The van der Waals surface area contributed by atoms with Gasteiger partial charge in [-0.05, 0) is 36.8 Å². The summed E-state index contributed by atoms with van der Waals surface area (Å²) in [4.78, 5) is 14.6. The molecule has 2 aromatic carbocycles. The highest BCUT2D eigenvalue weighted by Gasteiger charge is 2.25. The van der Waals surface area contributed by atoms with Gasteiger partial charge in [-0.25, -0.2) is 8.42 Å². The van der Waals surface area contributed by atoms with Crippen molar-refractivity contribution in [2.24, 2.45) is 0 Å². The van der Waals surface area contributed by atoms with Crippen molar-refractivity contribution in [3.05, 3.63) is 47.5 Å². The Morgan fingerprint density at radius 3 is 2.75 bits per heavy atom. The molecule has 0 bridgehead atoms. The van der Waals surface area contributed by atoms with E-state index in [-0.39, 0.29) is 16.5 Å². The van der Waals surface area contributed by atoms with Crippen molar-refractivity contribution < 1.29 is 17.9 Å². The van der Waals surface area contributed by atoms with Gasteiger partial charge in [0.2, 0.25) is 0 Å². The minimum absolute atomic E-state index is 0.0324. The van der Waals surface area contributed by atoms with Gasteiger partial charge in [-0.1, -0.05) is 12.1 Å². The molecule has 1 aliphatic rings. The number of ether oxygens (including phenoxy) is 1. The van der Waals surface area contributed by atoms with Gasteiger partial charge in [-0.2, -0.15) is 8.75 Å². The molecular weight excluding hydrogens is 400 g/mol. The highest BCUT2D eigenvalue weighted by atomic mass is 32.2. The number of benzene rings is 2. The van der Waals surface area contributed by atoms with Gasteiger partial charge in [0.1, 0.15) is 15.9 Å². The Morgan fingerprint density at radius 1 is 1.18 bits per heavy atom. The molecule has 1 N–H and O–H groups in total. The number of aromatic nitrogens is 2. The van der Waals surface area contributed by atoms with Crippen LogP contribution in [-0.4, -0.2) is 54.3 Å². The van der Waals surface area contributed by atoms with Gasteiger partial charge in [0.25, 0.3) is 15.9 Å². The SMILES string of the molecule is Cc1ccc(C(=O)N2CCOCC2)c(NS(=O)(=O)c2cccc3nsnc23)c1. The van der Waals surface area contributed by atoms with E-state index in [0.717, 1.165) is 17.3 Å². The molecule has 1 amide bonds. The predicted molar refractivity (Wildman–Crippen MR) is 106 cm³/mol. The van der Waals surface area contributed by atoms with Crippen LogP contribution in [0.5, 0.6) is 0 Å². The maximum Gasteiger partial charge on any atom is 0.264 e. The number of sulfonamides is 1. The Morgan fingerprint density at radius 2 is 1.96 bits per heavy atom. The highest BCUT2D eigenvalue weighted by Crippen LogP contribution is 2.27. The van der Waals surface area contributed by atoms with Gasteiger partial charge < -0.3 is 9.64 Å². The number of hydrogen-bond donors (Lipinski definition) is 1. The van der Waals surface area contributed by atoms with Gasteiger partial charge in [-0.3, -0.25) is 9.52 Å². The molecule has 1 fully saturated rings. The molecule has 2 heterocycles. The van der Waals surface area contributed by atoms with Crippen molar-refractivity contribution in [3.8, 4) is 0 Å². The van der Waals surface area contributed by atoms with Crippen molar-refractivity contribution in [2.45, 2.75) is 11.8 Å². The van der Waals surface area contributed by atoms with Crippen molar-refractivity contribution in [2.75, 3.05) is 31.0 Å². The molecule has 146 valence electrons. The molecule has 28 heavy (non-hydrogen) atoms. The lowest BCUT2D eigenvalue weighted by atomic mass is 10.1. The molecule has 0 radical (unpaired) electrons. The van der Waals surface area contributed by atoms with Crippen LogP contribution in [-0.2, 0) is 14.8 Å². The van der Waals surface area contributed by atoms with Crippen LogP contribution in [0.4, 0.5) is 5.69 Å². The highest BCUT2D eigenvalue weighted by molar-refractivity contribution is 7.93. The zero-order valence-corrected chi connectivity index (χ0v) is 16.7. The lowest BCUT2D eigenvalue weighted by Gasteiger charge is -2.27. The van der Waals surface area contributed by atoms with Crippen LogP contribution < -0.4 is 4.72 Å². The average molecular weight is 419 g/mol. The van der Waals surface area contributed by atoms with Crippen molar-refractivity contribution in [1.29, 1.82) is 0 Å². The van der Waals surface area contributed by atoms with E-state index in [0.29, 0.717) is 42.9 Å². The van der Waals surface area contributed by atoms with E-state index in [1.54, 1.807) is 35.2 Å². The van der Waals surface area contributed by atoms with E-state index >= 15 is 0 Å². The van der Waals surface area contributed by atoms with Crippen LogP contribution in [0.15, 0.2) is 41.3 Å². The van der Waals surface area contributed by atoms with E-state index in [1.165, 1.54) is 6.07 Å². The summed E-state index contributed by atoms with van der Waals surface area (Å²) in [5.74, 6) is -0.227. The topological polar surface area (TPSA) is 101 Å². The van der Waals surface area contributed by atoms with Gasteiger partial charge in [-0.15, -0.1) is 0 Å². The molecule has 8 nitrogen and oxygen atoms in total. The fourth-order valence-corrected chi connectivity index (χ4v) is 4.90. The van der Waals surface area contributed by atoms with E-state index < -0.39 is 10.0 Å². The van der Waals surface area contributed by atoms with E-state index in [2.05, 4.69) is 13.5 Å². The monoisotopic (exact) mass is 418 g/mol. The molecule has 10 heteroatoms. The molecule has 4 rings (SSSR count). The number of anilines is 1. The van der Waals surface area contributed by atoms with Crippen LogP contribution >= 0.6 is 11.7 Å². The Labute approximate surface area is 166 Å². The van der Waals surface area contributed by atoms with Gasteiger partial charge in [0.15, 0.2) is 0 Å². The minimum Gasteiger partial charge on any atom is -0.378 e. The van der Waals surface area contributed by atoms with Crippen LogP contribution in [0.25, 0.3) is 11.0 Å². The largest absolute Gasteiger partial charge is 0.378 e. The van der Waals surface area contributed by atoms with Gasteiger partial charge in [0, 0.05) is 13.1 Å². The number of amides is 1. The van der Waals surface area contributed by atoms with E-state index in [4.69, 9.17) is 4.74 Å². The van der Waals surface area contributed by atoms with E-state index in [1.807, 2.05) is 6.92 Å². The van der Waals surface area contributed by atoms with Crippen LogP contribution in [0, 0.1) is 6.92 Å². The first kappa shape index (κ1) is 18.8. The van der Waals surface area contributed by atoms with Crippen molar-refractivity contribution in [3.63, 3.8) is 0 Å². The zero-order valence-electron chi connectivity index (χ0n) is 15.1. The molecule has 0 unspecified atom stereocenters. The summed E-state index contributed by atoms with van der Waals surface area (Å²) in [6.45, 7) is 3.73. The molecule has 0 saturated carbocycles. The molecule has 1 aliphatic heterocycles. The Hall–Kier alpha value is -2.56. The second-order valence-corrected chi connectivity index (χ2v) is 8.63. The summed E-state index contributed by atoms with van der Waals surface area (Å²) < 4.78 is 42.2. The Balaban J connectivity index is 1.72. The number of aryl methyl sites for hydroxylation is 1. The first-order valence-corrected chi connectivity index (χ1v) is 10.9. The van der Waals surface area contributed by atoms with Crippen molar-refractivity contribution >= 4 is 44.4 Å². The quantitative estimate of drug-likeness (QED) is 0.697. The number of rotatable bonds is 4. The second kappa shape index (κ2) is 7.46. The maximum atomic E-state index is 13.1. The molecular formula is C18H18N4O4S2. The number of carbonyl (C=O) groups is 1. The maximum absolute atomic E-state index is 13.1. The minimum atomic E-state index is -3.95. The Bertz CT molecular complexity index is 1140. The Kier molecular flexibility index (Phi) is 5.00. The van der Waals surface area contributed by atoms with Gasteiger partial charge >= 0.3 is 0 Å². The summed E-state index contributed by atoms with van der Waals surface area (Å²) in [6.07, 6.45) is 0. The molecule has 0 atom stereocenters. The number of morpholine rings is 1. The third-order valence-corrected chi connectivity index (χ3v) is 6.43. The van der Waals surface area contributed by atoms with Crippen LogP contribution in [0.3, 0.4) is 0 Å². The standard InChI is InChI=1S/C18H18N4O4S2/c1-12-5-6-13(18(23)22-7-9-26-10-8-22)15(11-12)21-28(24,25)16-4-2-3-14-17(16)20-27-19-14/h2-6,11,21H,7-10H2,1H3. The zero-order chi connectivity index (χ0) is 19.7. The number of nitrogens with zero attached hydrogens (tertiary/aromatic N) is 3. The molecule has 0 spiro atoms. The number of fused-ring (bicyclic) bond motifs is 1. The summed E-state index contributed by atoms with van der Waals surface area (Å²) in [7, 11) is -3.95. The summed E-state index contributed by atoms with van der Waals surface area (Å²) in [5.41, 5.74) is 2.22. The molecule has 1 aromatic heterocycles. The normalized spacial score (nSPS) is 15.0. The molecule has 3 aromatic rings. The third kappa shape index (κ3) is 3.58. The van der Waals surface area contributed by atoms with Crippen LogP contribution in [0.1, 0.15) is 15.9 Å². The van der Waals surface area contributed by atoms with Crippen molar-refractivity contribution in [1.82, 2.24) is 13.6 Å². The second-order valence-electron chi connectivity index (χ2n) is 6.45. The lowest BCUT2D eigenvalue weighted by Crippen LogP contribution is -2.41. The fourth-order valence-electron chi connectivity index (χ4n) is 3.06. The molecule has 0 aliphatic carbocycles. The third-order valence-electron chi connectivity index (χ3n) is 4.49. The lowest BCUT2D eigenvalue weighted by molar-refractivity contribution is 0.0303. The number of carbonyl (C=O) groups excluding carboxylic acids is 1. The first-order valence-electron chi connectivity index (χ1n) is 8.67. The summed E-state index contributed by atoms with van der Waals surface area (Å²) in [6, 6.07) is 9.90. The molecule has 1 saturated heterocycles. The summed E-state index contributed by atoms with van der Waals surface area (Å²) in [5, 5.41) is 0. The average Bonchev–Trinajstić information content (AvgIpc) is 3.16. The number of nitrogens with one attached hydrogen (secondary N) is 1. The smallest absolute Gasteiger partial charge is 0.264 e. The number of hydrogen-bond acceptors (Lipinski definition) is 7. The van der Waals surface area contributed by atoms with E-state index in [9.17, 15) is 13.2 Å². The first-order chi connectivity index (χ1) is 13.5.